The van der Waals surface area contributed by atoms with E-state index in [1.54, 1.807) is 31.1 Å². The molecule has 1 N–H and O–H groups in total. The van der Waals surface area contributed by atoms with E-state index in [9.17, 15) is 4.79 Å². The summed E-state index contributed by atoms with van der Waals surface area (Å²) >= 11 is 0. The molecule has 0 amide bonds. The van der Waals surface area contributed by atoms with Crippen LogP contribution in [0.25, 0.3) is 22.0 Å². The van der Waals surface area contributed by atoms with Crippen LogP contribution < -0.4 is 15.0 Å². The van der Waals surface area contributed by atoms with E-state index in [2.05, 4.69) is 9.98 Å². The molecule has 1 aliphatic rings. The molecule has 0 spiro atoms. The molecule has 0 bridgehead atoms. The summed E-state index contributed by atoms with van der Waals surface area (Å²) in [6.45, 7) is 0. The van der Waals surface area contributed by atoms with Crippen molar-refractivity contribution < 1.29 is 9.47 Å². The number of H-pyrrole nitrogens is 1. The van der Waals surface area contributed by atoms with Gasteiger partial charge in [-0.05, 0) is 17.7 Å². The lowest BCUT2D eigenvalue weighted by atomic mass is 10.00. The molecule has 0 saturated carbocycles. The molecule has 2 aromatic heterocycles. The molecule has 0 fully saturated rings. The fourth-order valence-corrected chi connectivity index (χ4v) is 3.71. The van der Waals surface area contributed by atoms with Crippen LogP contribution in [0.3, 0.4) is 0 Å². The molecule has 29 heavy (non-hydrogen) atoms. The zero-order chi connectivity index (χ0) is 20.0. The molecule has 6 heteroatoms. The Kier molecular flexibility index (Phi) is 3.98. The zero-order valence-corrected chi connectivity index (χ0v) is 16.0. The number of nitrogens with zero attached hydrogens (tertiary/aromatic N) is 2. The second-order valence-electron chi connectivity index (χ2n) is 6.98. The van der Waals surface area contributed by atoms with Crippen LogP contribution in [-0.2, 0) is 7.05 Å². The third kappa shape index (κ3) is 2.81. The second kappa shape index (κ2) is 6.67. The minimum absolute atomic E-state index is 0.0772. The Morgan fingerprint density at radius 2 is 1.97 bits per heavy atom. The van der Waals surface area contributed by atoms with E-state index in [1.165, 1.54) is 0 Å². The number of hydrogen-bond donors (Lipinski definition) is 1. The van der Waals surface area contributed by atoms with Crippen LogP contribution in [0, 0.1) is 0 Å². The fourth-order valence-electron chi connectivity index (χ4n) is 3.71. The monoisotopic (exact) mass is 385 g/mol. The van der Waals surface area contributed by atoms with Gasteiger partial charge in [-0.2, -0.15) is 0 Å². The highest BCUT2D eigenvalue weighted by molar-refractivity contribution is 5.98. The van der Waals surface area contributed by atoms with Crippen molar-refractivity contribution in [1.29, 1.82) is 0 Å². The first-order chi connectivity index (χ1) is 14.2. The molecular weight excluding hydrogens is 366 g/mol. The normalized spacial score (nSPS) is 15.2. The lowest BCUT2D eigenvalue weighted by Gasteiger charge is -2.24. The van der Waals surface area contributed by atoms with Crippen molar-refractivity contribution in [1.82, 2.24) is 9.55 Å². The Balaban J connectivity index is 1.74. The minimum Gasteiger partial charge on any atom is -0.497 e. The van der Waals surface area contributed by atoms with Crippen LogP contribution in [0.2, 0.25) is 0 Å². The Morgan fingerprint density at radius 1 is 1.14 bits per heavy atom. The maximum atomic E-state index is 12.5. The molecule has 4 aromatic rings. The van der Waals surface area contributed by atoms with Crippen molar-refractivity contribution in [3.05, 3.63) is 76.8 Å². The number of aromatic nitrogens is 2. The lowest BCUT2D eigenvalue weighted by molar-refractivity contribution is 0.275. The largest absolute Gasteiger partial charge is 0.497 e. The quantitative estimate of drug-likeness (QED) is 0.569. The standard InChI is InChI=1S/C23H19N3O3/c1-26-13-18(16-8-9-24-21(16)23(26)27)17-10-15(28-2)11-19-22(17)29-20(12-25-19)14-6-4-3-5-7-14/h3-13,20,24H,1-2H3. The summed E-state index contributed by atoms with van der Waals surface area (Å²) < 4.78 is 13.5. The molecule has 0 saturated heterocycles. The van der Waals surface area contributed by atoms with Gasteiger partial charge < -0.3 is 19.0 Å². The maximum absolute atomic E-state index is 12.5. The predicted molar refractivity (Wildman–Crippen MR) is 113 cm³/mol. The van der Waals surface area contributed by atoms with E-state index in [4.69, 9.17) is 9.47 Å². The summed E-state index contributed by atoms with van der Waals surface area (Å²) in [7, 11) is 3.36. The van der Waals surface area contributed by atoms with Crippen LogP contribution >= 0.6 is 0 Å². The predicted octanol–water partition coefficient (Wildman–Crippen LogP) is 4.38. The van der Waals surface area contributed by atoms with Gasteiger partial charge in [0.2, 0.25) is 0 Å². The summed E-state index contributed by atoms with van der Waals surface area (Å²) in [6.07, 6.45) is 5.11. The van der Waals surface area contributed by atoms with Crippen molar-refractivity contribution in [2.75, 3.05) is 7.11 Å². The first-order valence-electron chi connectivity index (χ1n) is 9.30. The highest BCUT2D eigenvalue weighted by Gasteiger charge is 2.24. The Labute approximate surface area is 167 Å². The molecule has 1 aliphatic heterocycles. The summed E-state index contributed by atoms with van der Waals surface area (Å²) in [6, 6.07) is 15.6. The Bertz CT molecular complexity index is 1300. The molecule has 6 nitrogen and oxygen atoms in total. The van der Waals surface area contributed by atoms with E-state index in [0.29, 0.717) is 22.7 Å². The van der Waals surface area contributed by atoms with Crippen molar-refractivity contribution >= 4 is 22.8 Å². The Morgan fingerprint density at radius 3 is 2.76 bits per heavy atom. The summed E-state index contributed by atoms with van der Waals surface area (Å²) in [5.74, 6) is 1.35. The average molecular weight is 385 g/mol. The van der Waals surface area contributed by atoms with Crippen LogP contribution in [-0.4, -0.2) is 22.9 Å². The number of aryl methyl sites for hydroxylation is 1. The number of rotatable bonds is 3. The van der Waals surface area contributed by atoms with Crippen molar-refractivity contribution in [2.24, 2.45) is 12.0 Å². The number of aromatic amines is 1. The van der Waals surface area contributed by atoms with Gasteiger partial charge in [0, 0.05) is 42.0 Å². The number of pyridine rings is 1. The first kappa shape index (κ1) is 17.3. The number of nitrogens with one attached hydrogen (secondary N) is 1. The molecule has 3 heterocycles. The van der Waals surface area contributed by atoms with E-state index < -0.39 is 0 Å². The zero-order valence-electron chi connectivity index (χ0n) is 16.0. The fraction of sp³-hybridized carbons (Fsp3) is 0.130. The van der Waals surface area contributed by atoms with Crippen LogP contribution in [0.4, 0.5) is 5.69 Å². The molecule has 5 rings (SSSR count). The highest BCUT2D eigenvalue weighted by atomic mass is 16.5. The number of benzene rings is 2. The lowest BCUT2D eigenvalue weighted by Crippen LogP contribution is -2.17. The number of methoxy groups -OCH3 is 1. The SMILES string of the molecule is COc1cc2c(c(-c3cn(C)c(=O)c4[nH]ccc34)c1)OC(c1ccccc1)C=N2. The highest BCUT2D eigenvalue weighted by Crippen LogP contribution is 2.46. The molecular formula is C23H19N3O3. The summed E-state index contributed by atoms with van der Waals surface area (Å²) in [5, 5.41) is 0.831. The first-order valence-corrected chi connectivity index (χ1v) is 9.30. The van der Waals surface area contributed by atoms with Crippen LogP contribution in [0.5, 0.6) is 11.5 Å². The van der Waals surface area contributed by atoms with E-state index in [-0.39, 0.29) is 11.7 Å². The van der Waals surface area contributed by atoms with Crippen molar-refractivity contribution in [3.63, 3.8) is 0 Å². The van der Waals surface area contributed by atoms with E-state index >= 15 is 0 Å². The molecule has 0 radical (unpaired) electrons. The number of hydrogen-bond acceptors (Lipinski definition) is 4. The third-order valence-corrected chi connectivity index (χ3v) is 5.18. The van der Waals surface area contributed by atoms with Gasteiger partial charge in [0.05, 0.1) is 13.3 Å². The topological polar surface area (TPSA) is 68.6 Å². The van der Waals surface area contributed by atoms with E-state index in [0.717, 1.165) is 22.1 Å². The van der Waals surface area contributed by atoms with Gasteiger partial charge in [-0.1, -0.05) is 30.3 Å². The molecule has 1 unspecified atom stereocenters. The molecule has 0 aliphatic carbocycles. The van der Waals surface area contributed by atoms with Crippen molar-refractivity contribution in [2.45, 2.75) is 6.10 Å². The Hall–Kier alpha value is -3.80. The van der Waals surface area contributed by atoms with Crippen molar-refractivity contribution in [3.8, 4) is 22.6 Å². The van der Waals surface area contributed by atoms with E-state index in [1.807, 2.05) is 54.7 Å². The molecule has 1 atom stereocenters. The van der Waals surface area contributed by atoms with Gasteiger partial charge in [-0.3, -0.25) is 9.79 Å². The van der Waals surface area contributed by atoms with Gasteiger partial charge in [-0.15, -0.1) is 0 Å². The second-order valence-corrected chi connectivity index (χ2v) is 6.98. The molecule has 144 valence electrons. The number of aliphatic imine (C=N–C) groups is 1. The average Bonchev–Trinajstić information content (AvgIpc) is 3.26. The van der Waals surface area contributed by atoms with Gasteiger partial charge in [0.1, 0.15) is 17.0 Å². The smallest absolute Gasteiger partial charge is 0.274 e. The van der Waals surface area contributed by atoms with Gasteiger partial charge in [0.15, 0.2) is 11.9 Å². The summed E-state index contributed by atoms with van der Waals surface area (Å²) in [5.41, 5.74) is 3.91. The number of fused-ring (bicyclic) bond motifs is 2. The van der Waals surface area contributed by atoms with Gasteiger partial charge in [0.25, 0.3) is 5.56 Å². The summed E-state index contributed by atoms with van der Waals surface area (Å²) in [4.78, 5) is 20.2. The minimum atomic E-state index is -0.287. The number of ether oxygens (including phenoxy) is 2. The maximum Gasteiger partial charge on any atom is 0.274 e. The third-order valence-electron chi connectivity index (χ3n) is 5.18. The van der Waals surface area contributed by atoms with Gasteiger partial charge in [-0.25, -0.2) is 0 Å². The van der Waals surface area contributed by atoms with Crippen LogP contribution in [0.15, 0.2) is 70.7 Å². The van der Waals surface area contributed by atoms with Crippen LogP contribution in [0.1, 0.15) is 11.7 Å². The molecule has 2 aromatic carbocycles. The van der Waals surface area contributed by atoms with Gasteiger partial charge >= 0.3 is 0 Å².